The van der Waals surface area contributed by atoms with E-state index in [1.54, 1.807) is 7.11 Å². The lowest BCUT2D eigenvalue weighted by Crippen LogP contribution is -2.49. The van der Waals surface area contributed by atoms with Crippen LogP contribution in [0.25, 0.3) is 0 Å². The Balaban J connectivity index is 1.58. The van der Waals surface area contributed by atoms with E-state index >= 15 is 0 Å². The molecule has 6 nitrogen and oxygen atoms in total. The van der Waals surface area contributed by atoms with E-state index in [0.717, 1.165) is 30.2 Å². The Kier molecular flexibility index (Phi) is 4.66. The highest BCUT2D eigenvalue weighted by Gasteiger charge is 2.23. The summed E-state index contributed by atoms with van der Waals surface area (Å²) in [5.74, 6) is 0.972. The lowest BCUT2D eigenvalue weighted by Gasteiger charge is -2.36. The molecule has 3 rings (SSSR count). The summed E-state index contributed by atoms with van der Waals surface area (Å²) in [7, 11) is 1.68. The Labute approximate surface area is 139 Å². The molecule has 1 amide bonds. The van der Waals surface area contributed by atoms with Crippen LogP contribution >= 0.6 is 11.3 Å². The average molecular weight is 332 g/mol. The van der Waals surface area contributed by atoms with Crippen LogP contribution in [-0.2, 0) is 11.2 Å². The summed E-state index contributed by atoms with van der Waals surface area (Å²) in [6.45, 7) is 3.00. The van der Waals surface area contributed by atoms with E-state index < -0.39 is 0 Å². The average Bonchev–Trinajstić information content (AvgIpc) is 3.00. The predicted octanol–water partition coefficient (Wildman–Crippen LogP) is 1.63. The van der Waals surface area contributed by atoms with Crippen molar-refractivity contribution in [2.75, 3.05) is 43.9 Å². The number of nitrogens with zero attached hydrogens (tertiary/aromatic N) is 3. The van der Waals surface area contributed by atoms with Crippen LogP contribution in [0.3, 0.4) is 0 Å². The van der Waals surface area contributed by atoms with Crippen LogP contribution in [0.5, 0.6) is 5.75 Å². The molecule has 0 saturated carbocycles. The van der Waals surface area contributed by atoms with Crippen LogP contribution in [0, 0.1) is 0 Å². The molecule has 2 heterocycles. The third-order valence-electron chi connectivity index (χ3n) is 3.96. The molecule has 1 aromatic heterocycles. The molecule has 1 aromatic carbocycles. The number of benzene rings is 1. The van der Waals surface area contributed by atoms with Crippen LogP contribution in [0.2, 0.25) is 0 Å². The molecule has 2 aromatic rings. The van der Waals surface area contributed by atoms with Crippen LogP contribution in [0.1, 0.15) is 5.69 Å². The quantitative estimate of drug-likeness (QED) is 0.921. The molecule has 0 unspecified atom stereocenters. The maximum atomic E-state index is 12.3. The second kappa shape index (κ2) is 6.87. The van der Waals surface area contributed by atoms with Gasteiger partial charge in [-0.05, 0) is 12.1 Å². The smallest absolute Gasteiger partial charge is 0.228 e. The number of para-hydroxylation sites is 2. The zero-order chi connectivity index (χ0) is 16.2. The molecule has 1 aliphatic heterocycles. The molecular formula is C16H20N4O2S. The number of amides is 1. The van der Waals surface area contributed by atoms with Gasteiger partial charge in [0.1, 0.15) is 5.75 Å². The Hall–Kier alpha value is -2.28. The maximum Gasteiger partial charge on any atom is 0.228 e. The van der Waals surface area contributed by atoms with Gasteiger partial charge < -0.3 is 20.3 Å². The minimum absolute atomic E-state index is 0.106. The standard InChI is InChI=1S/C16H20N4O2S/c1-22-14-5-3-2-4-13(14)19-6-8-20(9-7-19)15(21)10-12-11-23-16(17)18-12/h2-5,11H,6-10H2,1H3,(H2,17,18). The number of ether oxygens (including phenoxy) is 1. The van der Waals surface area contributed by atoms with Gasteiger partial charge in [-0.15, -0.1) is 11.3 Å². The molecule has 1 aliphatic rings. The molecular weight excluding hydrogens is 312 g/mol. The third kappa shape index (κ3) is 3.56. The van der Waals surface area contributed by atoms with Gasteiger partial charge in [-0.3, -0.25) is 4.79 Å². The Bertz CT molecular complexity index is 680. The number of hydrogen-bond donors (Lipinski definition) is 1. The number of nitrogens with two attached hydrogens (primary N) is 1. The van der Waals surface area contributed by atoms with Gasteiger partial charge in [0.25, 0.3) is 0 Å². The summed E-state index contributed by atoms with van der Waals surface area (Å²) in [5.41, 5.74) is 7.44. The minimum atomic E-state index is 0.106. The lowest BCUT2D eigenvalue weighted by atomic mass is 10.2. The predicted molar refractivity (Wildman–Crippen MR) is 92.0 cm³/mol. The second-order valence-corrected chi connectivity index (χ2v) is 6.28. The monoisotopic (exact) mass is 332 g/mol. The van der Waals surface area contributed by atoms with Crippen LogP contribution in [0.4, 0.5) is 10.8 Å². The van der Waals surface area contributed by atoms with Crippen molar-refractivity contribution in [1.82, 2.24) is 9.88 Å². The zero-order valence-corrected chi connectivity index (χ0v) is 13.9. The number of carbonyl (C=O) groups is 1. The van der Waals surface area contributed by atoms with Gasteiger partial charge >= 0.3 is 0 Å². The lowest BCUT2D eigenvalue weighted by molar-refractivity contribution is -0.130. The number of nitrogen functional groups attached to an aromatic ring is 1. The normalized spacial score (nSPS) is 14.8. The second-order valence-electron chi connectivity index (χ2n) is 5.39. The van der Waals surface area contributed by atoms with E-state index in [4.69, 9.17) is 10.5 Å². The number of anilines is 2. The summed E-state index contributed by atoms with van der Waals surface area (Å²) in [6.07, 6.45) is 0.322. The van der Waals surface area contributed by atoms with Crippen LogP contribution < -0.4 is 15.4 Å². The van der Waals surface area contributed by atoms with Crippen LogP contribution in [-0.4, -0.2) is 49.1 Å². The number of carbonyl (C=O) groups excluding carboxylic acids is 1. The van der Waals surface area contributed by atoms with Gasteiger partial charge in [0.2, 0.25) is 5.91 Å². The van der Waals surface area contributed by atoms with Gasteiger partial charge in [0, 0.05) is 31.6 Å². The number of rotatable bonds is 4. The van der Waals surface area contributed by atoms with Crippen molar-refractivity contribution >= 4 is 28.1 Å². The zero-order valence-electron chi connectivity index (χ0n) is 13.1. The minimum Gasteiger partial charge on any atom is -0.495 e. The van der Waals surface area contributed by atoms with E-state index in [2.05, 4.69) is 9.88 Å². The first-order chi connectivity index (χ1) is 11.2. The molecule has 122 valence electrons. The molecule has 23 heavy (non-hydrogen) atoms. The van der Waals surface area contributed by atoms with Gasteiger partial charge in [0.05, 0.1) is 24.9 Å². The summed E-state index contributed by atoms with van der Waals surface area (Å²) >= 11 is 1.37. The first-order valence-electron chi connectivity index (χ1n) is 7.53. The number of thiazole rings is 1. The summed E-state index contributed by atoms with van der Waals surface area (Å²) < 4.78 is 5.41. The Morgan fingerprint density at radius 3 is 2.70 bits per heavy atom. The fraction of sp³-hybridized carbons (Fsp3) is 0.375. The van der Waals surface area contributed by atoms with E-state index in [1.807, 2.05) is 34.5 Å². The third-order valence-corrected chi connectivity index (χ3v) is 4.68. The Morgan fingerprint density at radius 1 is 1.30 bits per heavy atom. The summed E-state index contributed by atoms with van der Waals surface area (Å²) in [6, 6.07) is 7.97. The first-order valence-corrected chi connectivity index (χ1v) is 8.41. The van der Waals surface area contributed by atoms with Crippen LogP contribution in [0.15, 0.2) is 29.6 Å². The molecule has 7 heteroatoms. The van der Waals surface area contributed by atoms with E-state index in [9.17, 15) is 4.79 Å². The summed E-state index contributed by atoms with van der Waals surface area (Å²) in [5, 5.41) is 2.35. The number of aromatic nitrogens is 1. The van der Waals surface area contributed by atoms with Crippen molar-refractivity contribution in [3.8, 4) is 5.75 Å². The van der Waals surface area contributed by atoms with E-state index in [1.165, 1.54) is 11.3 Å². The highest BCUT2D eigenvalue weighted by molar-refractivity contribution is 7.13. The largest absolute Gasteiger partial charge is 0.495 e. The molecule has 0 radical (unpaired) electrons. The molecule has 1 saturated heterocycles. The molecule has 2 N–H and O–H groups in total. The fourth-order valence-electron chi connectivity index (χ4n) is 2.76. The number of piperazine rings is 1. The maximum absolute atomic E-state index is 12.3. The first kappa shape index (κ1) is 15.6. The summed E-state index contributed by atoms with van der Waals surface area (Å²) in [4.78, 5) is 20.6. The van der Waals surface area contributed by atoms with Gasteiger partial charge in [-0.25, -0.2) is 4.98 Å². The van der Waals surface area contributed by atoms with Crippen molar-refractivity contribution in [3.05, 3.63) is 35.3 Å². The fourth-order valence-corrected chi connectivity index (χ4v) is 3.32. The van der Waals surface area contributed by atoms with Crippen molar-refractivity contribution < 1.29 is 9.53 Å². The van der Waals surface area contributed by atoms with Crippen molar-refractivity contribution in [2.45, 2.75) is 6.42 Å². The number of hydrogen-bond acceptors (Lipinski definition) is 6. The molecule has 0 spiro atoms. The molecule has 1 fully saturated rings. The highest BCUT2D eigenvalue weighted by Crippen LogP contribution is 2.28. The molecule has 0 aliphatic carbocycles. The number of methoxy groups -OCH3 is 1. The molecule has 0 atom stereocenters. The van der Waals surface area contributed by atoms with E-state index in [-0.39, 0.29) is 5.91 Å². The van der Waals surface area contributed by atoms with E-state index in [0.29, 0.717) is 24.6 Å². The SMILES string of the molecule is COc1ccccc1N1CCN(C(=O)Cc2csc(N)n2)CC1. The molecule has 0 bridgehead atoms. The Morgan fingerprint density at radius 2 is 2.04 bits per heavy atom. The van der Waals surface area contributed by atoms with Gasteiger partial charge in [-0.2, -0.15) is 0 Å². The highest BCUT2D eigenvalue weighted by atomic mass is 32.1. The van der Waals surface area contributed by atoms with Crippen molar-refractivity contribution in [2.24, 2.45) is 0 Å². The van der Waals surface area contributed by atoms with Crippen molar-refractivity contribution in [1.29, 1.82) is 0 Å². The van der Waals surface area contributed by atoms with Gasteiger partial charge in [0.15, 0.2) is 5.13 Å². The topological polar surface area (TPSA) is 71.7 Å². The van der Waals surface area contributed by atoms with Gasteiger partial charge in [-0.1, -0.05) is 12.1 Å². The van der Waals surface area contributed by atoms with Crippen molar-refractivity contribution in [3.63, 3.8) is 0 Å².